The van der Waals surface area contributed by atoms with Crippen molar-refractivity contribution in [2.24, 2.45) is 5.73 Å². The maximum atomic E-state index is 13.8. The van der Waals surface area contributed by atoms with Crippen LogP contribution < -0.4 is 5.73 Å². The van der Waals surface area contributed by atoms with E-state index in [0.717, 1.165) is 22.2 Å². The second kappa shape index (κ2) is 5.71. The van der Waals surface area contributed by atoms with E-state index in [9.17, 15) is 8.78 Å². The van der Waals surface area contributed by atoms with E-state index in [-0.39, 0.29) is 0 Å². The predicted octanol–water partition coefficient (Wildman–Crippen LogP) is 4.21. The van der Waals surface area contributed by atoms with Gasteiger partial charge < -0.3 is 5.73 Å². The molecule has 0 spiro atoms. The van der Waals surface area contributed by atoms with Gasteiger partial charge in [-0.2, -0.15) is 0 Å². The number of benzene rings is 2. The molecule has 0 saturated heterocycles. The van der Waals surface area contributed by atoms with Gasteiger partial charge in [-0.1, -0.05) is 24.3 Å². The monoisotopic (exact) mass is 302 g/mol. The highest BCUT2D eigenvalue weighted by Gasteiger charge is 2.11. The van der Waals surface area contributed by atoms with E-state index in [1.54, 1.807) is 5.38 Å². The molecule has 1 heterocycles. The minimum atomic E-state index is -0.606. The van der Waals surface area contributed by atoms with Gasteiger partial charge in [-0.15, -0.1) is 11.3 Å². The van der Waals surface area contributed by atoms with E-state index in [2.05, 4.69) is 4.98 Å². The number of aromatic nitrogens is 1. The maximum Gasteiger partial charge on any atom is 0.135 e. The van der Waals surface area contributed by atoms with Crippen molar-refractivity contribution >= 4 is 11.3 Å². The molecule has 0 aliphatic rings. The molecule has 21 heavy (non-hydrogen) atoms. The molecule has 0 atom stereocenters. The summed E-state index contributed by atoms with van der Waals surface area (Å²) in [5.74, 6) is -1.20. The molecule has 0 amide bonds. The Labute approximate surface area is 124 Å². The lowest BCUT2D eigenvalue weighted by Gasteiger charge is -2.00. The summed E-state index contributed by atoms with van der Waals surface area (Å²) in [7, 11) is 0. The molecular formula is C16H12F2N2S. The van der Waals surface area contributed by atoms with Gasteiger partial charge in [-0.3, -0.25) is 0 Å². The molecule has 3 rings (SSSR count). The lowest BCUT2D eigenvalue weighted by atomic mass is 10.1. The molecule has 0 aliphatic carbocycles. The molecule has 0 unspecified atom stereocenters. The molecule has 0 fully saturated rings. The number of rotatable bonds is 3. The van der Waals surface area contributed by atoms with Crippen molar-refractivity contribution in [3.8, 4) is 21.8 Å². The second-order valence-corrected chi connectivity index (χ2v) is 5.42. The van der Waals surface area contributed by atoms with E-state index in [1.165, 1.54) is 23.5 Å². The summed E-state index contributed by atoms with van der Waals surface area (Å²) in [4.78, 5) is 4.42. The van der Waals surface area contributed by atoms with Gasteiger partial charge >= 0.3 is 0 Å². The third-order valence-corrected chi connectivity index (χ3v) is 4.04. The molecule has 3 aromatic rings. The second-order valence-electron chi connectivity index (χ2n) is 4.56. The molecule has 0 saturated carbocycles. The van der Waals surface area contributed by atoms with Crippen LogP contribution in [0.2, 0.25) is 0 Å². The van der Waals surface area contributed by atoms with Gasteiger partial charge in [0.2, 0.25) is 0 Å². The quantitative estimate of drug-likeness (QED) is 0.787. The molecular weight excluding hydrogens is 290 g/mol. The van der Waals surface area contributed by atoms with Crippen LogP contribution in [0.4, 0.5) is 8.78 Å². The van der Waals surface area contributed by atoms with Crippen molar-refractivity contribution in [2.75, 3.05) is 0 Å². The highest BCUT2D eigenvalue weighted by atomic mass is 32.1. The first-order chi connectivity index (χ1) is 10.2. The molecule has 2 N–H and O–H groups in total. The van der Waals surface area contributed by atoms with Crippen LogP contribution >= 0.6 is 11.3 Å². The Bertz CT molecular complexity index is 766. The minimum absolute atomic E-state index is 0.303. The topological polar surface area (TPSA) is 38.9 Å². The first-order valence-electron chi connectivity index (χ1n) is 6.37. The fraction of sp³-hybridized carbons (Fsp3) is 0.0625. The van der Waals surface area contributed by atoms with E-state index < -0.39 is 11.6 Å². The average molecular weight is 302 g/mol. The molecule has 2 aromatic carbocycles. The lowest BCUT2D eigenvalue weighted by Crippen LogP contribution is -1.95. The molecule has 5 heteroatoms. The zero-order valence-electron chi connectivity index (χ0n) is 11.0. The standard InChI is InChI=1S/C16H12F2N2S/c17-12-5-6-13(14(18)7-12)15-9-21-16(20-15)11-3-1-10(8-19)2-4-11/h1-7,9H,8,19H2. The van der Waals surface area contributed by atoms with Gasteiger partial charge in [0.15, 0.2) is 0 Å². The molecule has 1 aromatic heterocycles. The normalized spacial score (nSPS) is 10.8. The number of hydrogen-bond donors (Lipinski definition) is 1. The molecule has 0 aliphatic heterocycles. The summed E-state index contributed by atoms with van der Waals surface area (Å²) >= 11 is 1.42. The van der Waals surface area contributed by atoms with Crippen molar-refractivity contribution in [2.45, 2.75) is 6.54 Å². The fourth-order valence-corrected chi connectivity index (χ4v) is 2.84. The van der Waals surface area contributed by atoms with Crippen molar-refractivity contribution in [1.82, 2.24) is 4.98 Å². The zero-order chi connectivity index (χ0) is 14.8. The summed E-state index contributed by atoms with van der Waals surface area (Å²) in [5, 5.41) is 2.56. The van der Waals surface area contributed by atoms with Crippen LogP contribution in [0.5, 0.6) is 0 Å². The number of halogens is 2. The summed E-state index contributed by atoms with van der Waals surface area (Å²) < 4.78 is 26.7. The van der Waals surface area contributed by atoms with E-state index in [1.807, 2.05) is 24.3 Å². The lowest BCUT2D eigenvalue weighted by molar-refractivity contribution is 0.585. The Balaban J connectivity index is 1.95. The van der Waals surface area contributed by atoms with Crippen LogP contribution in [0.3, 0.4) is 0 Å². The molecule has 0 radical (unpaired) electrons. The first kappa shape index (κ1) is 13.9. The van der Waals surface area contributed by atoms with Crippen LogP contribution in [-0.2, 0) is 6.54 Å². The van der Waals surface area contributed by atoms with Gasteiger partial charge in [0.1, 0.15) is 16.6 Å². The van der Waals surface area contributed by atoms with Crippen molar-refractivity contribution in [1.29, 1.82) is 0 Å². The Kier molecular flexibility index (Phi) is 3.77. The third kappa shape index (κ3) is 2.84. The van der Waals surface area contributed by atoms with E-state index in [0.29, 0.717) is 17.8 Å². The largest absolute Gasteiger partial charge is 0.326 e. The molecule has 0 bridgehead atoms. The van der Waals surface area contributed by atoms with Crippen molar-refractivity contribution in [3.05, 3.63) is 65.0 Å². The van der Waals surface area contributed by atoms with Crippen LogP contribution in [0, 0.1) is 11.6 Å². The zero-order valence-corrected chi connectivity index (χ0v) is 11.8. The van der Waals surface area contributed by atoms with Gasteiger partial charge in [0.25, 0.3) is 0 Å². The Hall–Kier alpha value is -2.11. The first-order valence-corrected chi connectivity index (χ1v) is 7.25. The highest BCUT2D eigenvalue weighted by molar-refractivity contribution is 7.13. The average Bonchev–Trinajstić information content (AvgIpc) is 2.97. The number of nitrogens with zero attached hydrogens (tertiary/aromatic N) is 1. The Morgan fingerprint density at radius 2 is 1.81 bits per heavy atom. The van der Waals surface area contributed by atoms with Gasteiger partial charge in [-0.05, 0) is 17.7 Å². The summed E-state index contributed by atoms with van der Waals surface area (Å²) in [6, 6.07) is 11.3. The van der Waals surface area contributed by atoms with Crippen LogP contribution in [0.1, 0.15) is 5.56 Å². The fourth-order valence-electron chi connectivity index (χ4n) is 2.01. The SMILES string of the molecule is NCc1ccc(-c2nc(-c3ccc(F)cc3F)cs2)cc1. The van der Waals surface area contributed by atoms with E-state index in [4.69, 9.17) is 5.73 Å². The van der Waals surface area contributed by atoms with Gasteiger partial charge in [0.05, 0.1) is 5.69 Å². The smallest absolute Gasteiger partial charge is 0.135 e. The van der Waals surface area contributed by atoms with E-state index >= 15 is 0 Å². The maximum absolute atomic E-state index is 13.8. The van der Waals surface area contributed by atoms with Gasteiger partial charge in [-0.25, -0.2) is 13.8 Å². The van der Waals surface area contributed by atoms with Crippen LogP contribution in [0.25, 0.3) is 21.8 Å². The Morgan fingerprint density at radius 3 is 2.48 bits per heavy atom. The van der Waals surface area contributed by atoms with Crippen molar-refractivity contribution in [3.63, 3.8) is 0 Å². The van der Waals surface area contributed by atoms with Crippen LogP contribution in [-0.4, -0.2) is 4.98 Å². The number of thiazole rings is 1. The highest BCUT2D eigenvalue weighted by Crippen LogP contribution is 2.30. The number of nitrogens with two attached hydrogens (primary N) is 1. The summed E-state index contributed by atoms with van der Waals surface area (Å²) in [5.41, 5.74) is 8.37. The Morgan fingerprint density at radius 1 is 1.05 bits per heavy atom. The van der Waals surface area contributed by atoms with Crippen LogP contribution in [0.15, 0.2) is 47.8 Å². The molecule has 106 valence electrons. The number of hydrogen-bond acceptors (Lipinski definition) is 3. The molecule has 2 nitrogen and oxygen atoms in total. The van der Waals surface area contributed by atoms with Gasteiger partial charge in [0, 0.05) is 29.1 Å². The third-order valence-electron chi connectivity index (χ3n) is 3.15. The minimum Gasteiger partial charge on any atom is -0.326 e. The predicted molar refractivity (Wildman–Crippen MR) is 80.8 cm³/mol. The van der Waals surface area contributed by atoms with Crippen molar-refractivity contribution < 1.29 is 8.78 Å². The summed E-state index contributed by atoms with van der Waals surface area (Å²) in [6.45, 7) is 0.490. The summed E-state index contributed by atoms with van der Waals surface area (Å²) in [6.07, 6.45) is 0.